The molecule has 7 heteroatoms. The molecule has 1 aliphatic rings. The highest BCUT2D eigenvalue weighted by Gasteiger charge is 2.32. The molecule has 0 saturated heterocycles. The quantitative estimate of drug-likeness (QED) is 0.465. The van der Waals surface area contributed by atoms with Crippen molar-refractivity contribution in [2.75, 3.05) is 10.7 Å². The Balaban J connectivity index is 2.03. The number of nitrogen functional groups attached to an aromatic ring is 1. The number of hydrogen-bond acceptors (Lipinski definition) is 6. The van der Waals surface area contributed by atoms with E-state index in [-0.39, 0.29) is 5.54 Å². The lowest BCUT2D eigenvalue weighted by molar-refractivity contribution is 0.306. The van der Waals surface area contributed by atoms with Crippen molar-refractivity contribution in [3.63, 3.8) is 0 Å². The highest BCUT2D eigenvalue weighted by Crippen LogP contribution is 2.35. The van der Waals surface area contributed by atoms with Gasteiger partial charge in [-0.3, -0.25) is 10.5 Å². The van der Waals surface area contributed by atoms with Crippen LogP contribution in [0.1, 0.15) is 26.2 Å². The van der Waals surface area contributed by atoms with Crippen molar-refractivity contribution in [1.82, 2.24) is 20.2 Å². The van der Waals surface area contributed by atoms with Gasteiger partial charge >= 0.3 is 0 Å². The van der Waals surface area contributed by atoms with E-state index in [0.717, 1.165) is 24.0 Å². The van der Waals surface area contributed by atoms with Gasteiger partial charge in [0.25, 0.3) is 0 Å². The fourth-order valence-electron chi connectivity index (χ4n) is 2.11. The van der Waals surface area contributed by atoms with E-state index in [0.29, 0.717) is 11.6 Å². The molecule has 0 atom stereocenters. The van der Waals surface area contributed by atoms with Gasteiger partial charge in [-0.05, 0) is 26.2 Å². The van der Waals surface area contributed by atoms with E-state index < -0.39 is 0 Å². The zero-order valence-corrected chi connectivity index (χ0v) is 9.62. The number of H-pyrrole nitrogens is 1. The number of hydrazine groups is 1. The second-order valence-corrected chi connectivity index (χ2v) is 4.71. The molecular weight excluding hydrogens is 218 g/mol. The number of fused-ring (bicyclic) bond motifs is 1. The minimum atomic E-state index is 0.129. The maximum Gasteiger partial charge on any atom is 0.241 e. The third-order valence-corrected chi connectivity index (χ3v) is 3.32. The van der Waals surface area contributed by atoms with Gasteiger partial charge in [0.05, 0.1) is 11.6 Å². The summed E-state index contributed by atoms with van der Waals surface area (Å²) in [5.41, 5.74) is 3.27. The van der Waals surface area contributed by atoms with Gasteiger partial charge in [-0.25, -0.2) is 5.84 Å². The van der Waals surface area contributed by atoms with Crippen molar-refractivity contribution in [1.29, 1.82) is 0 Å². The van der Waals surface area contributed by atoms with E-state index in [1.54, 1.807) is 6.20 Å². The van der Waals surface area contributed by atoms with Gasteiger partial charge in [-0.15, -0.1) is 0 Å². The van der Waals surface area contributed by atoms with Crippen LogP contribution in [0.4, 0.5) is 11.8 Å². The Morgan fingerprint density at radius 3 is 2.88 bits per heavy atom. The predicted octanol–water partition coefficient (Wildman–Crippen LogP) is 0.993. The van der Waals surface area contributed by atoms with Gasteiger partial charge in [0.1, 0.15) is 5.82 Å². The first-order valence-corrected chi connectivity index (χ1v) is 5.66. The Bertz CT molecular complexity index is 543. The van der Waals surface area contributed by atoms with Crippen LogP contribution in [0.25, 0.3) is 11.0 Å². The van der Waals surface area contributed by atoms with Crippen LogP contribution < -0.4 is 16.6 Å². The minimum absolute atomic E-state index is 0.129. The van der Waals surface area contributed by atoms with Crippen LogP contribution in [-0.2, 0) is 0 Å². The van der Waals surface area contributed by atoms with Crippen molar-refractivity contribution in [3.8, 4) is 0 Å². The third kappa shape index (κ3) is 1.68. The Morgan fingerprint density at radius 1 is 1.41 bits per heavy atom. The maximum absolute atomic E-state index is 5.35. The number of hydrogen-bond donors (Lipinski definition) is 4. The Labute approximate surface area is 98.2 Å². The van der Waals surface area contributed by atoms with Gasteiger partial charge in [0.15, 0.2) is 5.65 Å². The second-order valence-electron chi connectivity index (χ2n) is 4.71. The van der Waals surface area contributed by atoms with Crippen molar-refractivity contribution >= 4 is 22.8 Å². The van der Waals surface area contributed by atoms with E-state index in [4.69, 9.17) is 5.84 Å². The molecule has 0 aromatic carbocycles. The number of nitrogens with one attached hydrogen (secondary N) is 3. The summed E-state index contributed by atoms with van der Waals surface area (Å²) in [6, 6.07) is 0. The van der Waals surface area contributed by atoms with Crippen LogP contribution in [0.2, 0.25) is 0 Å². The summed E-state index contributed by atoms with van der Waals surface area (Å²) in [6.07, 6.45) is 5.29. The van der Waals surface area contributed by atoms with E-state index in [1.807, 2.05) is 0 Å². The third-order valence-electron chi connectivity index (χ3n) is 3.32. The Kier molecular flexibility index (Phi) is 2.15. The van der Waals surface area contributed by atoms with Crippen molar-refractivity contribution in [2.45, 2.75) is 31.7 Å². The Hall–Kier alpha value is -1.89. The molecule has 0 radical (unpaired) electrons. The molecule has 17 heavy (non-hydrogen) atoms. The summed E-state index contributed by atoms with van der Waals surface area (Å²) in [5.74, 6) is 6.51. The van der Waals surface area contributed by atoms with Crippen molar-refractivity contribution in [2.24, 2.45) is 5.84 Å². The maximum atomic E-state index is 5.35. The van der Waals surface area contributed by atoms with Crippen molar-refractivity contribution < 1.29 is 0 Å². The van der Waals surface area contributed by atoms with Crippen LogP contribution in [0.15, 0.2) is 6.20 Å². The predicted molar refractivity (Wildman–Crippen MR) is 65.4 cm³/mol. The van der Waals surface area contributed by atoms with Gasteiger partial charge in [-0.2, -0.15) is 15.1 Å². The molecule has 1 aliphatic carbocycles. The van der Waals surface area contributed by atoms with Crippen LogP contribution in [-0.4, -0.2) is 25.7 Å². The average Bonchev–Trinajstić information content (AvgIpc) is 2.75. The van der Waals surface area contributed by atoms with E-state index in [2.05, 4.69) is 37.8 Å². The molecule has 0 unspecified atom stereocenters. The molecule has 0 aliphatic heterocycles. The smallest absolute Gasteiger partial charge is 0.241 e. The van der Waals surface area contributed by atoms with Crippen LogP contribution >= 0.6 is 0 Å². The normalized spacial score (nSPS) is 17.8. The summed E-state index contributed by atoms with van der Waals surface area (Å²) in [5, 5.41) is 11.1. The highest BCUT2D eigenvalue weighted by molar-refractivity contribution is 5.87. The zero-order valence-electron chi connectivity index (χ0n) is 9.62. The minimum Gasteiger partial charge on any atom is -0.364 e. The summed E-state index contributed by atoms with van der Waals surface area (Å²) in [4.78, 5) is 8.52. The summed E-state index contributed by atoms with van der Waals surface area (Å²) < 4.78 is 0. The topological polar surface area (TPSA) is 105 Å². The van der Waals surface area contributed by atoms with Crippen LogP contribution in [0.3, 0.4) is 0 Å². The molecule has 0 bridgehead atoms. The standard InChI is InChI=1S/C10H15N7/c1-10(3-2-4-10)15-7-6-5-12-17-8(6)14-9(13-7)16-11/h5H,2-4,11H2,1H3,(H3,12,13,14,15,16,17). The molecule has 0 spiro atoms. The van der Waals surface area contributed by atoms with E-state index in [9.17, 15) is 0 Å². The van der Waals surface area contributed by atoms with Gasteiger partial charge in [0, 0.05) is 5.54 Å². The number of nitrogens with zero attached hydrogens (tertiary/aromatic N) is 3. The largest absolute Gasteiger partial charge is 0.364 e. The molecule has 7 nitrogen and oxygen atoms in total. The van der Waals surface area contributed by atoms with Gasteiger partial charge in [0.2, 0.25) is 5.95 Å². The number of nitrogens with two attached hydrogens (primary N) is 1. The number of aromatic nitrogens is 4. The fraction of sp³-hybridized carbons (Fsp3) is 0.500. The molecule has 90 valence electrons. The molecule has 2 aromatic rings. The lowest BCUT2D eigenvalue weighted by atomic mass is 9.78. The lowest BCUT2D eigenvalue weighted by Gasteiger charge is -2.39. The monoisotopic (exact) mass is 233 g/mol. The van der Waals surface area contributed by atoms with Crippen molar-refractivity contribution in [3.05, 3.63) is 6.20 Å². The van der Waals surface area contributed by atoms with Gasteiger partial charge in [-0.1, -0.05) is 0 Å². The average molecular weight is 233 g/mol. The summed E-state index contributed by atoms with van der Waals surface area (Å²) >= 11 is 0. The highest BCUT2D eigenvalue weighted by atomic mass is 15.3. The molecular formula is C10H15N7. The number of anilines is 2. The first-order chi connectivity index (χ1) is 8.20. The molecule has 1 fully saturated rings. The lowest BCUT2D eigenvalue weighted by Crippen LogP contribution is -2.42. The second kappa shape index (κ2) is 3.56. The molecule has 2 heterocycles. The summed E-state index contributed by atoms with van der Waals surface area (Å²) in [6.45, 7) is 2.19. The van der Waals surface area contributed by atoms with Crippen LogP contribution in [0, 0.1) is 0 Å². The van der Waals surface area contributed by atoms with Gasteiger partial charge < -0.3 is 5.32 Å². The number of rotatable bonds is 3. The first kappa shape index (κ1) is 10.3. The van der Waals surface area contributed by atoms with E-state index >= 15 is 0 Å². The molecule has 5 N–H and O–H groups in total. The molecule has 1 saturated carbocycles. The number of aromatic amines is 1. The molecule has 0 amide bonds. The Morgan fingerprint density at radius 2 is 2.24 bits per heavy atom. The SMILES string of the molecule is CC1(Nc2nc(NN)nc3[nH]ncc23)CCC1. The zero-order chi connectivity index (χ0) is 11.9. The van der Waals surface area contributed by atoms with E-state index in [1.165, 1.54) is 6.42 Å². The first-order valence-electron chi connectivity index (χ1n) is 5.66. The summed E-state index contributed by atoms with van der Waals surface area (Å²) in [7, 11) is 0. The van der Waals surface area contributed by atoms with Crippen LogP contribution in [0.5, 0.6) is 0 Å². The molecule has 3 rings (SSSR count). The fourth-order valence-corrected chi connectivity index (χ4v) is 2.11. The molecule has 2 aromatic heterocycles.